The summed E-state index contributed by atoms with van der Waals surface area (Å²) in [4.78, 5) is 46.9. The van der Waals surface area contributed by atoms with Gasteiger partial charge in [0.2, 0.25) is 5.91 Å². The maximum Gasteiger partial charge on any atom is 0.326 e. The molecule has 0 saturated carbocycles. The molecular weight excluding hydrogens is 398 g/mol. The fourth-order valence-corrected chi connectivity index (χ4v) is 3.25. The van der Waals surface area contributed by atoms with Crippen molar-refractivity contribution in [2.75, 3.05) is 5.32 Å². The van der Waals surface area contributed by atoms with Crippen LogP contribution in [-0.2, 0) is 16.0 Å². The number of carbonyl (C=O) groups is 3. The van der Waals surface area contributed by atoms with Gasteiger partial charge in [-0.15, -0.1) is 0 Å². The molecule has 0 bridgehead atoms. The highest BCUT2D eigenvalue weighted by Crippen LogP contribution is 2.16. The molecule has 4 N–H and O–H groups in total. The second kappa shape index (κ2) is 9.84. The van der Waals surface area contributed by atoms with E-state index in [9.17, 15) is 19.5 Å². The average Bonchev–Trinajstić information content (AvgIpc) is 3.20. The minimum atomic E-state index is -1.09. The van der Waals surface area contributed by atoms with Gasteiger partial charge in [0.1, 0.15) is 17.9 Å². The summed E-state index contributed by atoms with van der Waals surface area (Å²) in [5, 5.41) is 16.1. The minimum absolute atomic E-state index is 0.0939. The van der Waals surface area contributed by atoms with Gasteiger partial charge in [0.05, 0.1) is 11.2 Å². The van der Waals surface area contributed by atoms with Crippen LogP contribution in [0.15, 0.2) is 42.6 Å². The molecule has 1 amide bonds. The number of rotatable bonds is 10. The van der Waals surface area contributed by atoms with Crippen LogP contribution < -0.4 is 10.6 Å². The SMILES string of the molecule is CC(C)C[C@H](NC(=O)[C@H](Cc1c[nH]c(C=O)n1)Nc1ccc2ccccc2n1)C(=O)O. The number of fused-ring (bicyclic) bond motifs is 1. The first-order valence-corrected chi connectivity index (χ1v) is 10.0. The number of carboxylic acid groups (broad SMARTS) is 1. The van der Waals surface area contributed by atoms with Gasteiger partial charge in [0, 0.05) is 18.0 Å². The van der Waals surface area contributed by atoms with Crippen molar-refractivity contribution >= 4 is 34.9 Å². The molecule has 2 aromatic heterocycles. The molecular formula is C22H25N5O4. The highest BCUT2D eigenvalue weighted by Gasteiger charge is 2.27. The fourth-order valence-electron chi connectivity index (χ4n) is 3.25. The number of para-hydroxylation sites is 1. The summed E-state index contributed by atoms with van der Waals surface area (Å²) in [6, 6.07) is 9.38. The van der Waals surface area contributed by atoms with E-state index in [0.717, 1.165) is 10.9 Å². The van der Waals surface area contributed by atoms with Gasteiger partial charge in [-0.3, -0.25) is 9.59 Å². The Bertz CT molecular complexity index is 1080. The monoisotopic (exact) mass is 423 g/mol. The minimum Gasteiger partial charge on any atom is -0.480 e. The van der Waals surface area contributed by atoms with Crippen LogP contribution in [0.3, 0.4) is 0 Å². The van der Waals surface area contributed by atoms with Gasteiger partial charge in [-0.2, -0.15) is 0 Å². The standard InChI is InChI=1S/C22H25N5O4/c1-13(2)9-18(22(30)31)27-21(29)17(10-15-11-23-20(12-28)24-15)26-19-8-7-14-5-3-4-6-16(14)25-19/h3-8,11-13,17-18H,9-10H2,1-2H3,(H,23,24)(H,25,26)(H,27,29)(H,30,31)/t17-,18-/m0/s1. The van der Waals surface area contributed by atoms with Crippen molar-refractivity contribution in [1.82, 2.24) is 20.3 Å². The Labute approximate surface area is 179 Å². The zero-order chi connectivity index (χ0) is 22.4. The predicted molar refractivity (Wildman–Crippen MR) is 116 cm³/mol. The molecule has 0 spiro atoms. The lowest BCUT2D eigenvalue weighted by Crippen LogP contribution is -2.49. The molecule has 2 atom stereocenters. The number of hydrogen-bond acceptors (Lipinski definition) is 6. The second-order valence-corrected chi connectivity index (χ2v) is 7.71. The van der Waals surface area contributed by atoms with Gasteiger partial charge in [0.15, 0.2) is 12.1 Å². The molecule has 0 saturated heterocycles. The van der Waals surface area contributed by atoms with Crippen molar-refractivity contribution in [1.29, 1.82) is 0 Å². The summed E-state index contributed by atoms with van der Waals surface area (Å²) in [5.41, 5.74) is 1.25. The van der Waals surface area contributed by atoms with E-state index in [1.807, 2.05) is 44.2 Å². The quantitative estimate of drug-likeness (QED) is 0.368. The van der Waals surface area contributed by atoms with E-state index in [1.54, 1.807) is 12.3 Å². The highest BCUT2D eigenvalue weighted by molar-refractivity contribution is 5.89. The summed E-state index contributed by atoms with van der Waals surface area (Å²) < 4.78 is 0. The molecule has 0 aliphatic heterocycles. The zero-order valence-electron chi connectivity index (χ0n) is 17.3. The molecule has 9 nitrogen and oxygen atoms in total. The van der Waals surface area contributed by atoms with Crippen LogP contribution in [0.5, 0.6) is 0 Å². The maximum absolute atomic E-state index is 13.0. The van der Waals surface area contributed by atoms with Crippen LogP contribution in [0.2, 0.25) is 0 Å². The Kier molecular flexibility index (Phi) is 6.96. The van der Waals surface area contributed by atoms with Crippen LogP contribution in [0, 0.1) is 5.92 Å². The van der Waals surface area contributed by atoms with E-state index >= 15 is 0 Å². The molecule has 3 aromatic rings. The molecule has 2 heterocycles. The van der Waals surface area contributed by atoms with Crippen molar-refractivity contribution in [3.05, 3.63) is 54.1 Å². The van der Waals surface area contributed by atoms with Crippen LogP contribution in [0.4, 0.5) is 5.82 Å². The number of imidazole rings is 1. The summed E-state index contributed by atoms with van der Waals surface area (Å²) in [5.74, 6) is -0.857. The molecule has 162 valence electrons. The number of aldehydes is 1. The molecule has 0 radical (unpaired) electrons. The summed E-state index contributed by atoms with van der Waals surface area (Å²) >= 11 is 0. The largest absolute Gasteiger partial charge is 0.480 e. The zero-order valence-corrected chi connectivity index (χ0v) is 17.3. The molecule has 0 aliphatic rings. The van der Waals surface area contributed by atoms with Crippen molar-refractivity contribution in [3.8, 4) is 0 Å². The van der Waals surface area contributed by atoms with Crippen LogP contribution in [0.1, 0.15) is 36.6 Å². The smallest absolute Gasteiger partial charge is 0.326 e. The molecule has 0 aliphatic carbocycles. The maximum atomic E-state index is 13.0. The van der Waals surface area contributed by atoms with Crippen molar-refractivity contribution in [2.24, 2.45) is 5.92 Å². The number of H-pyrrole nitrogens is 1. The van der Waals surface area contributed by atoms with Crippen molar-refractivity contribution < 1.29 is 19.5 Å². The first-order chi connectivity index (χ1) is 14.9. The number of nitrogens with zero attached hydrogens (tertiary/aromatic N) is 2. The predicted octanol–water partition coefficient (Wildman–Crippen LogP) is 2.41. The first-order valence-electron chi connectivity index (χ1n) is 10.0. The first kappa shape index (κ1) is 21.9. The number of carboxylic acids is 1. The van der Waals surface area contributed by atoms with Crippen LogP contribution in [0.25, 0.3) is 10.9 Å². The highest BCUT2D eigenvalue weighted by atomic mass is 16.4. The Balaban J connectivity index is 1.84. The average molecular weight is 423 g/mol. The number of benzene rings is 1. The van der Waals surface area contributed by atoms with E-state index in [1.165, 1.54) is 0 Å². The van der Waals surface area contributed by atoms with Gasteiger partial charge in [-0.1, -0.05) is 32.0 Å². The molecule has 0 unspecified atom stereocenters. The summed E-state index contributed by atoms with van der Waals surface area (Å²) in [6.07, 6.45) is 2.57. The Morgan fingerprint density at radius 2 is 1.90 bits per heavy atom. The fraction of sp³-hybridized carbons (Fsp3) is 0.318. The lowest BCUT2D eigenvalue weighted by atomic mass is 10.0. The number of amides is 1. The Morgan fingerprint density at radius 3 is 2.58 bits per heavy atom. The lowest BCUT2D eigenvalue weighted by molar-refractivity contribution is -0.142. The van der Waals surface area contributed by atoms with Crippen LogP contribution in [-0.4, -0.2) is 50.3 Å². The number of hydrogen-bond donors (Lipinski definition) is 4. The Morgan fingerprint density at radius 1 is 1.13 bits per heavy atom. The summed E-state index contributed by atoms with van der Waals surface area (Å²) in [7, 11) is 0. The van der Waals surface area contributed by atoms with E-state index in [4.69, 9.17) is 0 Å². The molecule has 31 heavy (non-hydrogen) atoms. The number of pyridine rings is 1. The normalized spacial score (nSPS) is 13.0. The number of aromatic nitrogens is 3. The van der Waals surface area contributed by atoms with Crippen molar-refractivity contribution in [3.63, 3.8) is 0 Å². The molecule has 9 heteroatoms. The van der Waals surface area contributed by atoms with Gasteiger partial charge < -0.3 is 20.7 Å². The number of aromatic amines is 1. The second-order valence-electron chi connectivity index (χ2n) is 7.71. The third kappa shape index (κ3) is 5.88. The summed E-state index contributed by atoms with van der Waals surface area (Å²) in [6.45, 7) is 3.78. The topological polar surface area (TPSA) is 137 Å². The van der Waals surface area contributed by atoms with E-state index in [-0.39, 0.29) is 18.2 Å². The molecule has 0 fully saturated rings. The van der Waals surface area contributed by atoms with Gasteiger partial charge in [-0.25, -0.2) is 14.8 Å². The molecule has 3 rings (SSSR count). The van der Waals surface area contributed by atoms with E-state index in [2.05, 4.69) is 25.6 Å². The van der Waals surface area contributed by atoms with Gasteiger partial charge >= 0.3 is 5.97 Å². The third-order valence-electron chi connectivity index (χ3n) is 4.73. The van der Waals surface area contributed by atoms with Crippen molar-refractivity contribution in [2.45, 2.75) is 38.8 Å². The van der Waals surface area contributed by atoms with Crippen LogP contribution >= 0.6 is 0 Å². The van der Waals surface area contributed by atoms with E-state index in [0.29, 0.717) is 24.2 Å². The number of anilines is 1. The van der Waals surface area contributed by atoms with Gasteiger partial charge in [0.25, 0.3) is 0 Å². The molecule has 1 aromatic carbocycles. The number of nitrogens with one attached hydrogen (secondary N) is 3. The number of aliphatic carboxylic acids is 1. The Hall–Kier alpha value is -3.75. The van der Waals surface area contributed by atoms with Gasteiger partial charge in [-0.05, 0) is 30.5 Å². The lowest BCUT2D eigenvalue weighted by Gasteiger charge is -2.22. The van der Waals surface area contributed by atoms with E-state index < -0.39 is 24.0 Å². The third-order valence-corrected chi connectivity index (χ3v) is 4.73. The number of carbonyl (C=O) groups excluding carboxylic acids is 2.